The molecule has 1 aliphatic heterocycles. The van der Waals surface area contributed by atoms with Crippen molar-refractivity contribution in [2.75, 3.05) is 6.61 Å². The maximum Gasteiger partial charge on any atom is 0.407 e. The molecule has 2 unspecified atom stereocenters. The summed E-state index contributed by atoms with van der Waals surface area (Å²) in [5.74, 6) is -0.707. The highest BCUT2D eigenvalue weighted by Gasteiger charge is 2.41. The van der Waals surface area contributed by atoms with E-state index in [-0.39, 0.29) is 12.2 Å². The van der Waals surface area contributed by atoms with E-state index < -0.39 is 30.0 Å². The highest BCUT2D eigenvalue weighted by Crippen LogP contribution is 2.39. The van der Waals surface area contributed by atoms with Gasteiger partial charge in [0.15, 0.2) is 6.10 Å². The van der Waals surface area contributed by atoms with E-state index in [4.69, 9.17) is 21.1 Å². The predicted molar refractivity (Wildman–Crippen MR) is 87.3 cm³/mol. The number of aromatic nitrogens is 1. The Morgan fingerprint density at radius 3 is 2.84 bits per heavy atom. The van der Waals surface area contributed by atoms with E-state index in [9.17, 15) is 14.0 Å². The zero-order valence-corrected chi connectivity index (χ0v) is 13.9. The van der Waals surface area contributed by atoms with Crippen LogP contribution in [0, 0.1) is 5.95 Å². The number of fused-ring (bicyclic) bond motifs is 1. The zero-order valence-electron chi connectivity index (χ0n) is 13.2. The molecule has 1 aromatic heterocycles. The molecule has 0 bridgehead atoms. The van der Waals surface area contributed by atoms with E-state index in [1.807, 2.05) is 0 Å². The summed E-state index contributed by atoms with van der Waals surface area (Å²) in [4.78, 5) is 28.1. The van der Waals surface area contributed by atoms with Crippen LogP contribution in [0.2, 0.25) is 5.02 Å². The summed E-state index contributed by atoms with van der Waals surface area (Å²) in [5, 5.41) is 3.05. The molecule has 0 saturated carbocycles. The monoisotopic (exact) mass is 364 g/mol. The predicted octanol–water partition coefficient (Wildman–Crippen LogP) is 3.31. The first-order chi connectivity index (χ1) is 12.0. The Morgan fingerprint density at radius 1 is 1.36 bits per heavy atom. The van der Waals surface area contributed by atoms with Crippen molar-refractivity contribution in [2.24, 2.45) is 0 Å². The van der Waals surface area contributed by atoms with Crippen LogP contribution < -0.4 is 10.1 Å². The third-order valence-corrected chi connectivity index (χ3v) is 3.92. The molecule has 3 rings (SSSR count). The second-order valence-electron chi connectivity index (χ2n) is 5.30. The molecule has 1 amide bonds. The quantitative estimate of drug-likeness (QED) is 0.665. The summed E-state index contributed by atoms with van der Waals surface area (Å²) in [5.41, 5.74) is 0.731. The Labute approximate surface area is 147 Å². The van der Waals surface area contributed by atoms with Gasteiger partial charge in [-0.05, 0) is 37.3 Å². The van der Waals surface area contributed by atoms with Crippen LogP contribution in [0.1, 0.15) is 28.9 Å². The third-order valence-electron chi connectivity index (χ3n) is 3.68. The molecule has 0 fully saturated rings. The minimum atomic E-state index is -1.04. The van der Waals surface area contributed by atoms with Crippen molar-refractivity contribution in [3.8, 4) is 5.75 Å². The minimum absolute atomic E-state index is 0.168. The molecule has 1 N–H and O–H groups in total. The fourth-order valence-electron chi connectivity index (χ4n) is 2.58. The lowest BCUT2D eigenvalue weighted by molar-refractivity contribution is 0.0765. The van der Waals surface area contributed by atoms with Gasteiger partial charge in [-0.25, -0.2) is 9.78 Å². The zero-order chi connectivity index (χ0) is 18.0. The number of benzene rings is 1. The number of halogens is 2. The summed E-state index contributed by atoms with van der Waals surface area (Å²) in [6.07, 6.45) is -0.595. The average molecular weight is 365 g/mol. The van der Waals surface area contributed by atoms with Crippen LogP contribution in [0.25, 0.3) is 0 Å². The van der Waals surface area contributed by atoms with Gasteiger partial charge >= 0.3 is 6.09 Å². The average Bonchev–Trinajstić information content (AvgIpc) is 2.93. The molecule has 130 valence electrons. The maximum atomic E-state index is 13.0. The van der Waals surface area contributed by atoms with Crippen molar-refractivity contribution < 1.29 is 23.5 Å². The number of ether oxygens (including phenoxy) is 2. The molecule has 2 heterocycles. The molecule has 0 saturated heterocycles. The van der Waals surface area contributed by atoms with Crippen LogP contribution >= 0.6 is 11.6 Å². The summed E-state index contributed by atoms with van der Waals surface area (Å²) in [7, 11) is 0. The van der Waals surface area contributed by atoms with E-state index in [0.717, 1.165) is 12.3 Å². The van der Waals surface area contributed by atoms with Gasteiger partial charge in [0, 0.05) is 22.3 Å². The fraction of sp³-hybridized carbons (Fsp3) is 0.235. The number of alkyl carbamates (subject to hydrolysis) is 1. The van der Waals surface area contributed by atoms with E-state index >= 15 is 0 Å². The van der Waals surface area contributed by atoms with Gasteiger partial charge in [0.2, 0.25) is 11.7 Å². The van der Waals surface area contributed by atoms with Gasteiger partial charge in [0.1, 0.15) is 11.8 Å². The van der Waals surface area contributed by atoms with Crippen LogP contribution in [0.5, 0.6) is 5.75 Å². The van der Waals surface area contributed by atoms with Gasteiger partial charge in [0.05, 0.1) is 6.61 Å². The van der Waals surface area contributed by atoms with Crippen molar-refractivity contribution >= 4 is 23.5 Å². The van der Waals surface area contributed by atoms with Gasteiger partial charge in [0.25, 0.3) is 0 Å². The first-order valence-electron chi connectivity index (χ1n) is 7.54. The highest BCUT2D eigenvalue weighted by atomic mass is 35.5. The molecular formula is C17H14ClFN2O4. The molecular weight excluding hydrogens is 351 g/mol. The SMILES string of the molecule is CCOC(=O)NC1c2cc(Cl)ccc2OC1C(=O)c1ccc(F)nc1. The second-order valence-corrected chi connectivity index (χ2v) is 5.73. The molecule has 1 aromatic carbocycles. The molecule has 6 nitrogen and oxygen atoms in total. The summed E-state index contributed by atoms with van der Waals surface area (Å²) < 4.78 is 23.6. The van der Waals surface area contributed by atoms with E-state index in [0.29, 0.717) is 16.3 Å². The van der Waals surface area contributed by atoms with Gasteiger partial charge in [-0.2, -0.15) is 4.39 Å². The number of carbonyl (C=O) groups excluding carboxylic acids is 2. The first-order valence-corrected chi connectivity index (χ1v) is 7.92. The Balaban J connectivity index is 1.92. The number of Topliss-reactive ketones (excluding diaryl/α,β-unsaturated/α-hetero) is 1. The van der Waals surface area contributed by atoms with Crippen molar-refractivity contribution in [1.29, 1.82) is 0 Å². The molecule has 1 aliphatic rings. The van der Waals surface area contributed by atoms with E-state index in [1.165, 1.54) is 6.07 Å². The smallest absolute Gasteiger partial charge is 0.407 e. The largest absolute Gasteiger partial charge is 0.479 e. The van der Waals surface area contributed by atoms with Crippen LogP contribution in [-0.4, -0.2) is 29.6 Å². The molecule has 2 atom stereocenters. The van der Waals surface area contributed by atoms with E-state index in [2.05, 4.69) is 10.3 Å². The minimum Gasteiger partial charge on any atom is -0.479 e. The third kappa shape index (κ3) is 3.56. The van der Waals surface area contributed by atoms with E-state index in [1.54, 1.807) is 25.1 Å². The van der Waals surface area contributed by atoms with Crippen LogP contribution in [0.3, 0.4) is 0 Å². The number of carbonyl (C=O) groups is 2. The normalized spacial score (nSPS) is 18.2. The molecule has 8 heteroatoms. The lowest BCUT2D eigenvalue weighted by Crippen LogP contribution is -2.40. The van der Waals surface area contributed by atoms with Crippen molar-refractivity contribution in [2.45, 2.75) is 19.1 Å². The van der Waals surface area contributed by atoms with Gasteiger partial charge in [-0.1, -0.05) is 11.6 Å². The Kier molecular flexibility index (Phi) is 4.85. The number of nitrogens with one attached hydrogen (secondary N) is 1. The number of hydrogen-bond donors (Lipinski definition) is 1. The Bertz CT molecular complexity index is 813. The number of rotatable bonds is 4. The summed E-state index contributed by atoms with van der Waals surface area (Å²) in [6, 6.07) is 6.46. The van der Waals surface area contributed by atoms with Crippen molar-refractivity contribution in [1.82, 2.24) is 10.3 Å². The molecule has 0 spiro atoms. The van der Waals surface area contributed by atoms with Crippen molar-refractivity contribution in [3.63, 3.8) is 0 Å². The van der Waals surface area contributed by atoms with Gasteiger partial charge in [-0.3, -0.25) is 4.79 Å². The van der Waals surface area contributed by atoms with Crippen LogP contribution in [0.4, 0.5) is 9.18 Å². The lowest BCUT2D eigenvalue weighted by Gasteiger charge is -2.19. The second kappa shape index (κ2) is 7.06. The fourth-order valence-corrected chi connectivity index (χ4v) is 2.76. The number of ketones is 1. The van der Waals surface area contributed by atoms with Crippen LogP contribution in [0.15, 0.2) is 36.5 Å². The van der Waals surface area contributed by atoms with Crippen LogP contribution in [-0.2, 0) is 4.74 Å². The van der Waals surface area contributed by atoms with Gasteiger partial charge < -0.3 is 14.8 Å². The standard InChI is InChI=1S/C17H14ClFN2O4/c1-2-24-17(23)21-14-11-7-10(18)4-5-12(11)25-16(14)15(22)9-3-6-13(19)20-8-9/h3-8,14,16H,2H2,1H3,(H,21,23). The maximum absolute atomic E-state index is 13.0. The molecule has 0 aliphatic carbocycles. The number of hydrogen-bond acceptors (Lipinski definition) is 5. The number of nitrogens with zero attached hydrogens (tertiary/aromatic N) is 1. The number of pyridine rings is 1. The number of amides is 1. The molecule has 2 aromatic rings. The highest BCUT2D eigenvalue weighted by molar-refractivity contribution is 6.30. The Morgan fingerprint density at radius 2 is 2.16 bits per heavy atom. The summed E-state index contributed by atoms with van der Waals surface area (Å²) in [6.45, 7) is 1.85. The topological polar surface area (TPSA) is 77.5 Å². The lowest BCUT2D eigenvalue weighted by atomic mass is 9.98. The van der Waals surface area contributed by atoms with Crippen molar-refractivity contribution in [3.05, 3.63) is 58.6 Å². The summed E-state index contributed by atoms with van der Waals surface area (Å²) >= 11 is 6.01. The van der Waals surface area contributed by atoms with Gasteiger partial charge in [-0.15, -0.1) is 0 Å². The first kappa shape index (κ1) is 17.2. The molecule has 25 heavy (non-hydrogen) atoms. The molecule has 0 radical (unpaired) electrons. The Hall–Kier alpha value is -2.67.